The fraction of sp³-hybridized carbons (Fsp3) is 0.455. The maximum absolute atomic E-state index is 12.4. The van der Waals surface area contributed by atoms with E-state index in [2.05, 4.69) is 32.7 Å². The number of hydrogen-bond donors (Lipinski definition) is 3. The molecule has 0 aliphatic carbocycles. The smallest absolute Gasteiger partial charge is 0.401 e. The second-order valence-corrected chi connectivity index (χ2v) is 7.64. The quantitative estimate of drug-likeness (QED) is 0.477. The second-order valence-electron chi connectivity index (χ2n) is 7.64. The van der Waals surface area contributed by atoms with Crippen LogP contribution in [0, 0.1) is 0 Å². The fourth-order valence-electron chi connectivity index (χ4n) is 3.47. The van der Waals surface area contributed by atoms with Crippen LogP contribution < -0.4 is 15.4 Å². The Hall–Kier alpha value is -2.69. The van der Waals surface area contributed by atoms with Crippen LogP contribution in [0.1, 0.15) is 21.5 Å². The number of nitrogens with one attached hydrogen (secondary N) is 2. The van der Waals surface area contributed by atoms with Gasteiger partial charge in [0.1, 0.15) is 6.61 Å². The first kappa shape index (κ1) is 24.0. The number of nitrogens with zero attached hydrogens (tertiary/aromatic N) is 2. The van der Waals surface area contributed by atoms with Crippen molar-refractivity contribution >= 4 is 5.91 Å². The number of β-amino-alcohol motifs (C(OH)–C–C–N with tert-alkyl or cyclic N) is 1. The zero-order valence-electron chi connectivity index (χ0n) is 17.6. The molecule has 2 heterocycles. The molecule has 0 saturated carbocycles. The lowest BCUT2D eigenvalue weighted by atomic mass is 10.00. The largest absolute Gasteiger partial charge is 0.476 e. The van der Waals surface area contributed by atoms with Gasteiger partial charge in [-0.15, -0.1) is 0 Å². The molecule has 174 valence electrons. The van der Waals surface area contributed by atoms with Crippen molar-refractivity contribution in [2.75, 3.05) is 39.3 Å². The monoisotopic (exact) mass is 452 g/mol. The van der Waals surface area contributed by atoms with Crippen LogP contribution in [0.2, 0.25) is 0 Å². The van der Waals surface area contributed by atoms with E-state index in [1.54, 1.807) is 0 Å². The predicted molar refractivity (Wildman–Crippen MR) is 112 cm³/mol. The summed E-state index contributed by atoms with van der Waals surface area (Å²) in [6, 6.07) is 11.1. The second kappa shape index (κ2) is 11.3. The lowest BCUT2D eigenvalue weighted by molar-refractivity contribution is -0.124. The Bertz CT molecular complexity index is 895. The molecule has 1 aliphatic heterocycles. The average molecular weight is 452 g/mol. The molecule has 0 unspecified atom stereocenters. The molecule has 1 aromatic carbocycles. The Balaban J connectivity index is 1.39. The number of fused-ring (bicyclic) bond motifs is 1. The van der Waals surface area contributed by atoms with Crippen LogP contribution in [0.25, 0.3) is 0 Å². The molecule has 1 atom stereocenters. The summed E-state index contributed by atoms with van der Waals surface area (Å²) in [4.78, 5) is 18.5. The van der Waals surface area contributed by atoms with E-state index in [1.165, 1.54) is 29.5 Å². The van der Waals surface area contributed by atoms with E-state index in [0.717, 1.165) is 19.5 Å². The van der Waals surface area contributed by atoms with Crippen LogP contribution in [0.3, 0.4) is 0 Å². The van der Waals surface area contributed by atoms with E-state index in [4.69, 9.17) is 4.74 Å². The van der Waals surface area contributed by atoms with Crippen molar-refractivity contribution in [2.45, 2.75) is 25.2 Å². The topological polar surface area (TPSA) is 86.7 Å². The molecule has 2 aromatic rings. The van der Waals surface area contributed by atoms with Gasteiger partial charge in [-0.1, -0.05) is 24.3 Å². The van der Waals surface area contributed by atoms with E-state index in [9.17, 15) is 23.1 Å². The summed E-state index contributed by atoms with van der Waals surface area (Å²) in [5.74, 6) is -0.255. The first-order valence-corrected chi connectivity index (χ1v) is 10.4. The van der Waals surface area contributed by atoms with Gasteiger partial charge in [-0.3, -0.25) is 9.69 Å². The van der Waals surface area contributed by atoms with E-state index < -0.39 is 24.7 Å². The van der Waals surface area contributed by atoms with Gasteiger partial charge in [-0.2, -0.15) is 13.2 Å². The van der Waals surface area contributed by atoms with Crippen molar-refractivity contribution in [1.29, 1.82) is 0 Å². The van der Waals surface area contributed by atoms with E-state index in [-0.39, 0.29) is 31.1 Å². The fourth-order valence-corrected chi connectivity index (χ4v) is 3.47. The molecular formula is C22H27F3N4O3. The molecule has 0 spiro atoms. The number of amides is 1. The first-order chi connectivity index (χ1) is 15.3. The van der Waals surface area contributed by atoms with Gasteiger partial charge in [-0.05, 0) is 23.6 Å². The minimum Gasteiger partial charge on any atom is -0.476 e. The minimum absolute atomic E-state index is 0.00915. The van der Waals surface area contributed by atoms with E-state index in [1.807, 2.05) is 12.1 Å². The SMILES string of the molecule is O=C(NC[C@H](O)CN1CCc2ccccc2C1)c1ccnc(OCCNCC(F)(F)F)c1. The van der Waals surface area contributed by atoms with Gasteiger partial charge >= 0.3 is 6.18 Å². The predicted octanol–water partition coefficient (Wildman–Crippen LogP) is 1.76. The van der Waals surface area contributed by atoms with Crippen molar-refractivity contribution < 1.29 is 27.8 Å². The van der Waals surface area contributed by atoms with Crippen molar-refractivity contribution in [3.05, 3.63) is 59.3 Å². The third-order valence-corrected chi connectivity index (χ3v) is 5.03. The number of alkyl halides is 3. The van der Waals surface area contributed by atoms with Gasteiger partial charge in [-0.25, -0.2) is 4.98 Å². The third-order valence-electron chi connectivity index (χ3n) is 5.03. The summed E-state index contributed by atoms with van der Waals surface area (Å²) in [5.41, 5.74) is 2.88. The van der Waals surface area contributed by atoms with Crippen molar-refractivity contribution in [1.82, 2.24) is 20.5 Å². The number of aliphatic hydroxyl groups is 1. The summed E-state index contributed by atoms with van der Waals surface area (Å²) in [5, 5.41) is 15.3. The lowest BCUT2D eigenvalue weighted by Crippen LogP contribution is -2.42. The number of pyridine rings is 1. The summed E-state index contributed by atoms with van der Waals surface area (Å²) in [6.45, 7) is 1.03. The highest BCUT2D eigenvalue weighted by atomic mass is 19.4. The number of halogens is 3. The molecular weight excluding hydrogens is 425 g/mol. The van der Waals surface area contributed by atoms with Gasteiger partial charge in [0.25, 0.3) is 5.91 Å². The molecule has 3 N–H and O–H groups in total. The molecule has 1 amide bonds. The van der Waals surface area contributed by atoms with Gasteiger partial charge in [0.15, 0.2) is 0 Å². The highest BCUT2D eigenvalue weighted by Gasteiger charge is 2.26. The number of benzene rings is 1. The highest BCUT2D eigenvalue weighted by Crippen LogP contribution is 2.18. The van der Waals surface area contributed by atoms with Crippen LogP contribution in [-0.2, 0) is 13.0 Å². The number of carbonyl (C=O) groups is 1. The average Bonchev–Trinajstić information content (AvgIpc) is 2.76. The Morgan fingerprint density at radius 2 is 2.03 bits per heavy atom. The minimum atomic E-state index is -4.28. The van der Waals surface area contributed by atoms with Gasteiger partial charge in [0.05, 0.1) is 12.6 Å². The number of rotatable bonds is 10. The van der Waals surface area contributed by atoms with Crippen molar-refractivity contribution in [3.63, 3.8) is 0 Å². The normalized spacial score (nSPS) is 15.1. The summed E-state index contributed by atoms with van der Waals surface area (Å²) >= 11 is 0. The Labute approximate surface area is 184 Å². The molecule has 10 heteroatoms. The van der Waals surface area contributed by atoms with Crippen molar-refractivity contribution in [2.24, 2.45) is 0 Å². The van der Waals surface area contributed by atoms with Crippen LogP contribution in [0.5, 0.6) is 5.88 Å². The van der Waals surface area contributed by atoms with E-state index in [0.29, 0.717) is 6.54 Å². The molecule has 3 rings (SSSR count). The van der Waals surface area contributed by atoms with Crippen LogP contribution in [-0.4, -0.2) is 72.5 Å². The standard InChI is InChI=1S/C22H27F3N4O3/c23-22(24,25)15-26-8-10-32-20-11-17(5-7-27-20)21(31)28-12-19(30)14-29-9-6-16-3-1-2-4-18(16)13-29/h1-5,7,11,19,26,30H,6,8-10,12-15H2,(H,28,31)/t19-/m0/s1. The zero-order chi connectivity index (χ0) is 23.0. The number of hydrogen-bond acceptors (Lipinski definition) is 6. The Kier molecular flexibility index (Phi) is 8.43. The first-order valence-electron chi connectivity index (χ1n) is 10.4. The molecule has 7 nitrogen and oxygen atoms in total. The Morgan fingerprint density at radius 1 is 1.25 bits per heavy atom. The lowest BCUT2D eigenvalue weighted by Gasteiger charge is -2.30. The number of aromatic nitrogens is 1. The van der Waals surface area contributed by atoms with E-state index >= 15 is 0 Å². The molecule has 0 fully saturated rings. The summed E-state index contributed by atoms with van der Waals surface area (Å²) in [6.07, 6.45) is -2.68. The molecule has 1 aliphatic rings. The van der Waals surface area contributed by atoms with Gasteiger partial charge in [0.2, 0.25) is 5.88 Å². The summed E-state index contributed by atoms with van der Waals surface area (Å²) < 4.78 is 41.6. The van der Waals surface area contributed by atoms with Gasteiger partial charge in [0, 0.05) is 50.6 Å². The Morgan fingerprint density at radius 3 is 2.81 bits per heavy atom. The van der Waals surface area contributed by atoms with Crippen LogP contribution in [0.4, 0.5) is 13.2 Å². The number of ether oxygens (including phenoxy) is 1. The van der Waals surface area contributed by atoms with Crippen LogP contribution in [0.15, 0.2) is 42.6 Å². The summed E-state index contributed by atoms with van der Waals surface area (Å²) in [7, 11) is 0. The van der Waals surface area contributed by atoms with Gasteiger partial charge < -0.3 is 20.5 Å². The molecule has 1 aromatic heterocycles. The molecule has 0 bridgehead atoms. The maximum Gasteiger partial charge on any atom is 0.401 e. The van der Waals surface area contributed by atoms with Crippen molar-refractivity contribution in [3.8, 4) is 5.88 Å². The molecule has 0 saturated heterocycles. The molecule has 0 radical (unpaired) electrons. The third kappa shape index (κ3) is 7.77. The highest BCUT2D eigenvalue weighted by molar-refractivity contribution is 5.94. The number of aliphatic hydroxyl groups excluding tert-OH is 1. The zero-order valence-corrected chi connectivity index (χ0v) is 17.6. The molecule has 32 heavy (non-hydrogen) atoms. The van der Waals surface area contributed by atoms with Crippen LogP contribution >= 0.6 is 0 Å². The maximum atomic E-state index is 12.4. The number of carbonyl (C=O) groups excluding carboxylic acids is 1.